The van der Waals surface area contributed by atoms with Gasteiger partial charge in [0.15, 0.2) is 17.1 Å². The average molecular weight is 455 g/mol. The van der Waals surface area contributed by atoms with E-state index in [1.165, 1.54) is 24.5 Å². The van der Waals surface area contributed by atoms with Crippen molar-refractivity contribution in [2.75, 3.05) is 7.11 Å². The van der Waals surface area contributed by atoms with Crippen LogP contribution >= 0.6 is 11.3 Å². The number of aryl methyl sites for hydroxylation is 1. The highest BCUT2D eigenvalue weighted by Gasteiger charge is 2.16. The lowest BCUT2D eigenvalue weighted by molar-refractivity contribution is 0.0954. The fraction of sp³-hybridized carbons (Fsp3) is 0.174. The quantitative estimate of drug-likeness (QED) is 0.479. The highest BCUT2D eigenvalue weighted by atomic mass is 32.1. The van der Waals surface area contributed by atoms with Gasteiger partial charge in [0.1, 0.15) is 9.71 Å². The van der Waals surface area contributed by atoms with Crippen molar-refractivity contribution in [3.63, 3.8) is 0 Å². The fourth-order valence-electron chi connectivity index (χ4n) is 3.34. The lowest BCUT2D eigenvalue weighted by atomic mass is 10.0. The number of aromatic nitrogens is 2. The topological polar surface area (TPSA) is 72.7 Å². The van der Waals surface area contributed by atoms with Gasteiger partial charge in [-0.2, -0.15) is 0 Å². The number of ether oxygens (including phenoxy) is 1. The van der Waals surface area contributed by atoms with E-state index in [-0.39, 0.29) is 17.8 Å². The minimum absolute atomic E-state index is 0.154. The summed E-state index contributed by atoms with van der Waals surface area (Å²) in [5.41, 5.74) is 2.06. The molecule has 0 fully saturated rings. The molecule has 0 atom stereocenters. The van der Waals surface area contributed by atoms with Gasteiger partial charge in [-0.15, -0.1) is 11.3 Å². The molecule has 1 aromatic carbocycles. The van der Waals surface area contributed by atoms with Crippen molar-refractivity contribution in [2.24, 2.45) is 0 Å². The van der Waals surface area contributed by atoms with Crippen LogP contribution in [-0.4, -0.2) is 22.4 Å². The number of amides is 1. The van der Waals surface area contributed by atoms with E-state index in [2.05, 4.69) is 10.3 Å². The maximum Gasteiger partial charge on any atom is 0.263 e. The van der Waals surface area contributed by atoms with Crippen LogP contribution in [0, 0.1) is 18.6 Å². The van der Waals surface area contributed by atoms with E-state index in [1.807, 2.05) is 0 Å². The zero-order chi connectivity index (χ0) is 22.8. The monoisotopic (exact) mass is 455 g/mol. The molecule has 164 valence electrons. The summed E-state index contributed by atoms with van der Waals surface area (Å²) in [6.07, 6.45) is 5.04. The van der Waals surface area contributed by atoms with Gasteiger partial charge in [0, 0.05) is 48.7 Å². The summed E-state index contributed by atoms with van der Waals surface area (Å²) in [4.78, 5) is 30.6. The Morgan fingerprint density at radius 2 is 1.97 bits per heavy atom. The Labute approximate surface area is 186 Å². The molecular weight excluding hydrogens is 436 g/mol. The fourth-order valence-corrected chi connectivity index (χ4v) is 4.34. The number of nitrogens with one attached hydrogen (secondary N) is 1. The molecule has 4 aromatic rings. The zero-order valence-electron chi connectivity index (χ0n) is 17.3. The molecule has 3 aromatic heterocycles. The standard InChI is InChI=1S/C23H19F2N3O3S/c1-13-21(29)16(7-14-3-4-17(24)18(25)8-14)11-28-12-19(32-23(13)28)22(30)27-10-15-5-6-26-20(9-15)31-2/h3-6,8-9,11-12H,7,10H2,1-2H3,(H,27,30). The van der Waals surface area contributed by atoms with Gasteiger partial charge in [-0.3, -0.25) is 9.59 Å². The van der Waals surface area contributed by atoms with E-state index in [0.717, 1.165) is 17.7 Å². The number of hydrogen-bond donors (Lipinski definition) is 1. The number of thiazole rings is 1. The van der Waals surface area contributed by atoms with Crippen LogP contribution in [0.2, 0.25) is 0 Å². The molecule has 0 saturated carbocycles. The Bertz CT molecular complexity index is 1380. The Hall–Kier alpha value is -3.59. The van der Waals surface area contributed by atoms with E-state index in [1.54, 1.807) is 42.0 Å². The predicted octanol–water partition coefficient (Wildman–Crippen LogP) is 3.87. The minimum atomic E-state index is -0.957. The third-order valence-electron chi connectivity index (χ3n) is 5.01. The first kappa shape index (κ1) is 21.6. The van der Waals surface area contributed by atoms with Gasteiger partial charge in [-0.25, -0.2) is 13.8 Å². The largest absolute Gasteiger partial charge is 0.481 e. The van der Waals surface area contributed by atoms with Crippen LogP contribution in [0.3, 0.4) is 0 Å². The van der Waals surface area contributed by atoms with Gasteiger partial charge >= 0.3 is 0 Å². The van der Waals surface area contributed by atoms with Gasteiger partial charge in [-0.1, -0.05) is 6.07 Å². The van der Waals surface area contributed by atoms with Crippen LogP contribution in [0.25, 0.3) is 4.83 Å². The summed E-state index contributed by atoms with van der Waals surface area (Å²) in [6.45, 7) is 1.98. The number of fused-ring (bicyclic) bond motifs is 1. The summed E-state index contributed by atoms with van der Waals surface area (Å²) >= 11 is 1.21. The van der Waals surface area contributed by atoms with Crippen LogP contribution in [-0.2, 0) is 13.0 Å². The van der Waals surface area contributed by atoms with Crippen molar-refractivity contribution in [3.8, 4) is 5.88 Å². The molecular formula is C23H19F2N3O3S. The van der Waals surface area contributed by atoms with Crippen molar-refractivity contribution < 1.29 is 18.3 Å². The number of methoxy groups -OCH3 is 1. The molecule has 0 aliphatic rings. The van der Waals surface area contributed by atoms with E-state index in [4.69, 9.17) is 4.74 Å². The molecule has 1 amide bonds. The second kappa shape index (κ2) is 8.88. The Balaban J connectivity index is 1.57. The molecule has 4 rings (SSSR count). The third kappa shape index (κ3) is 4.38. The number of rotatable bonds is 6. The van der Waals surface area contributed by atoms with Gasteiger partial charge in [0.2, 0.25) is 5.88 Å². The number of halogens is 2. The van der Waals surface area contributed by atoms with Crippen LogP contribution in [0.5, 0.6) is 5.88 Å². The van der Waals surface area contributed by atoms with Crippen molar-refractivity contribution in [1.29, 1.82) is 0 Å². The molecule has 0 aliphatic carbocycles. The van der Waals surface area contributed by atoms with Crippen molar-refractivity contribution in [2.45, 2.75) is 19.9 Å². The molecule has 1 N–H and O–H groups in total. The van der Waals surface area contributed by atoms with Crippen LogP contribution < -0.4 is 15.5 Å². The summed E-state index contributed by atoms with van der Waals surface area (Å²) in [6, 6.07) is 7.08. The minimum Gasteiger partial charge on any atom is -0.481 e. The molecule has 9 heteroatoms. The first-order valence-electron chi connectivity index (χ1n) is 9.71. The normalized spacial score (nSPS) is 11.0. The zero-order valence-corrected chi connectivity index (χ0v) is 18.1. The van der Waals surface area contributed by atoms with Crippen LogP contribution in [0.1, 0.15) is 31.9 Å². The molecule has 0 bridgehead atoms. The summed E-state index contributed by atoms with van der Waals surface area (Å²) in [5, 5.41) is 2.85. The van der Waals surface area contributed by atoms with Crippen molar-refractivity contribution >= 4 is 22.1 Å². The van der Waals surface area contributed by atoms with E-state index in [0.29, 0.717) is 38.8 Å². The van der Waals surface area contributed by atoms with E-state index >= 15 is 0 Å². The summed E-state index contributed by atoms with van der Waals surface area (Å²) in [5.74, 6) is -1.71. The highest BCUT2D eigenvalue weighted by Crippen LogP contribution is 2.22. The average Bonchev–Trinajstić information content (AvgIpc) is 3.22. The number of nitrogens with zero attached hydrogens (tertiary/aromatic N) is 2. The van der Waals surface area contributed by atoms with E-state index < -0.39 is 11.6 Å². The first-order chi connectivity index (χ1) is 15.4. The number of carbonyl (C=O) groups excluding carboxylic acids is 1. The highest BCUT2D eigenvalue weighted by molar-refractivity contribution is 7.19. The number of benzene rings is 1. The second-order valence-electron chi connectivity index (χ2n) is 7.23. The lowest BCUT2D eigenvalue weighted by Crippen LogP contribution is -2.21. The molecule has 3 heterocycles. The Morgan fingerprint density at radius 1 is 1.16 bits per heavy atom. The third-order valence-corrected chi connectivity index (χ3v) is 6.23. The van der Waals surface area contributed by atoms with E-state index in [9.17, 15) is 18.4 Å². The number of hydrogen-bond acceptors (Lipinski definition) is 5. The Morgan fingerprint density at radius 3 is 2.72 bits per heavy atom. The Kier molecular flexibility index (Phi) is 6.00. The maximum absolute atomic E-state index is 13.5. The molecule has 32 heavy (non-hydrogen) atoms. The molecule has 0 aliphatic heterocycles. The van der Waals surface area contributed by atoms with Gasteiger partial charge in [0.05, 0.1) is 7.11 Å². The SMILES string of the molecule is COc1cc(CNC(=O)c2cn3cc(Cc4ccc(F)c(F)c4)c(=O)c(C)c3s2)ccn1. The van der Waals surface area contributed by atoms with Gasteiger partial charge in [-0.05, 0) is 36.2 Å². The smallest absolute Gasteiger partial charge is 0.263 e. The summed E-state index contributed by atoms with van der Waals surface area (Å²) < 4.78 is 33.5. The predicted molar refractivity (Wildman–Crippen MR) is 117 cm³/mol. The molecule has 6 nitrogen and oxygen atoms in total. The molecule has 0 radical (unpaired) electrons. The van der Waals surface area contributed by atoms with Crippen LogP contribution in [0.15, 0.2) is 53.7 Å². The molecule has 0 spiro atoms. The van der Waals surface area contributed by atoms with Gasteiger partial charge in [0.25, 0.3) is 5.91 Å². The molecule has 0 unspecified atom stereocenters. The second-order valence-corrected chi connectivity index (χ2v) is 8.26. The lowest BCUT2D eigenvalue weighted by Gasteiger charge is -2.05. The van der Waals surface area contributed by atoms with Gasteiger partial charge < -0.3 is 14.5 Å². The van der Waals surface area contributed by atoms with Crippen molar-refractivity contribution in [1.82, 2.24) is 14.7 Å². The van der Waals surface area contributed by atoms with Crippen molar-refractivity contribution in [3.05, 3.63) is 97.9 Å². The summed E-state index contributed by atoms with van der Waals surface area (Å²) in [7, 11) is 1.52. The molecule has 0 saturated heterocycles. The maximum atomic E-state index is 13.5. The number of carbonyl (C=O) groups is 1. The number of pyridine rings is 2. The first-order valence-corrected chi connectivity index (χ1v) is 10.5. The van der Waals surface area contributed by atoms with Crippen LogP contribution in [0.4, 0.5) is 8.78 Å².